The SMILES string of the molecule is COC(=O)c1cccc(C2=CCNC2)c1. The van der Waals surface area contributed by atoms with Crippen LogP contribution < -0.4 is 5.32 Å². The molecule has 1 heterocycles. The first-order chi connectivity index (χ1) is 7.31. The maximum Gasteiger partial charge on any atom is 0.337 e. The molecule has 0 radical (unpaired) electrons. The van der Waals surface area contributed by atoms with Crippen molar-refractivity contribution in [3.63, 3.8) is 0 Å². The maximum absolute atomic E-state index is 11.3. The van der Waals surface area contributed by atoms with E-state index in [1.807, 2.05) is 18.2 Å². The van der Waals surface area contributed by atoms with Crippen LogP contribution in [0.4, 0.5) is 0 Å². The molecule has 1 N–H and O–H groups in total. The lowest BCUT2D eigenvalue weighted by molar-refractivity contribution is 0.0600. The van der Waals surface area contributed by atoms with Crippen LogP contribution in [0.5, 0.6) is 0 Å². The zero-order valence-corrected chi connectivity index (χ0v) is 8.62. The summed E-state index contributed by atoms with van der Waals surface area (Å²) < 4.78 is 4.68. The highest BCUT2D eigenvalue weighted by Crippen LogP contribution is 2.17. The van der Waals surface area contributed by atoms with Gasteiger partial charge in [0.2, 0.25) is 0 Å². The van der Waals surface area contributed by atoms with Gasteiger partial charge >= 0.3 is 5.97 Å². The Hall–Kier alpha value is -1.61. The molecule has 0 spiro atoms. The highest BCUT2D eigenvalue weighted by Gasteiger charge is 2.09. The van der Waals surface area contributed by atoms with E-state index in [1.54, 1.807) is 6.07 Å². The minimum absolute atomic E-state index is 0.289. The van der Waals surface area contributed by atoms with Gasteiger partial charge in [0.05, 0.1) is 12.7 Å². The second-order valence-corrected chi connectivity index (χ2v) is 3.43. The predicted molar refractivity (Wildman–Crippen MR) is 58.6 cm³/mol. The summed E-state index contributed by atoms with van der Waals surface area (Å²) in [6.45, 7) is 1.77. The lowest BCUT2D eigenvalue weighted by atomic mass is 10.0. The van der Waals surface area contributed by atoms with E-state index in [1.165, 1.54) is 12.7 Å². The van der Waals surface area contributed by atoms with Gasteiger partial charge in [0, 0.05) is 13.1 Å². The molecule has 0 atom stereocenters. The van der Waals surface area contributed by atoms with E-state index >= 15 is 0 Å². The maximum atomic E-state index is 11.3. The van der Waals surface area contributed by atoms with Gasteiger partial charge in [-0.15, -0.1) is 0 Å². The number of benzene rings is 1. The summed E-state index contributed by atoms with van der Waals surface area (Å²) in [6.07, 6.45) is 2.14. The number of ether oxygens (including phenoxy) is 1. The minimum Gasteiger partial charge on any atom is -0.465 e. The quantitative estimate of drug-likeness (QED) is 0.739. The molecule has 1 aromatic rings. The second-order valence-electron chi connectivity index (χ2n) is 3.43. The van der Waals surface area contributed by atoms with Crippen molar-refractivity contribution < 1.29 is 9.53 Å². The van der Waals surface area contributed by atoms with E-state index in [9.17, 15) is 4.79 Å². The van der Waals surface area contributed by atoms with Crippen molar-refractivity contribution in [2.24, 2.45) is 0 Å². The van der Waals surface area contributed by atoms with Crippen LogP contribution in [0.3, 0.4) is 0 Å². The van der Waals surface area contributed by atoms with Crippen LogP contribution in [0.2, 0.25) is 0 Å². The fourth-order valence-electron chi connectivity index (χ4n) is 1.66. The van der Waals surface area contributed by atoms with Crippen LogP contribution >= 0.6 is 0 Å². The summed E-state index contributed by atoms with van der Waals surface area (Å²) in [7, 11) is 1.39. The zero-order chi connectivity index (χ0) is 10.7. The third-order valence-corrected chi connectivity index (χ3v) is 2.46. The number of hydrogen-bond donors (Lipinski definition) is 1. The lowest BCUT2D eigenvalue weighted by Crippen LogP contribution is -2.08. The Morgan fingerprint density at radius 2 is 2.33 bits per heavy atom. The Morgan fingerprint density at radius 3 is 3.00 bits per heavy atom. The molecule has 0 aromatic heterocycles. The first-order valence-corrected chi connectivity index (χ1v) is 4.90. The van der Waals surface area contributed by atoms with E-state index in [-0.39, 0.29) is 5.97 Å². The Labute approximate surface area is 88.8 Å². The summed E-state index contributed by atoms with van der Waals surface area (Å²) in [5.41, 5.74) is 2.92. The van der Waals surface area contributed by atoms with Gasteiger partial charge in [-0.1, -0.05) is 18.2 Å². The molecule has 3 nitrogen and oxygen atoms in total. The van der Waals surface area contributed by atoms with Gasteiger partial charge in [-0.2, -0.15) is 0 Å². The largest absolute Gasteiger partial charge is 0.465 e. The monoisotopic (exact) mass is 203 g/mol. The average molecular weight is 203 g/mol. The third-order valence-electron chi connectivity index (χ3n) is 2.46. The van der Waals surface area contributed by atoms with E-state index < -0.39 is 0 Å². The number of rotatable bonds is 2. The Morgan fingerprint density at radius 1 is 1.47 bits per heavy atom. The topological polar surface area (TPSA) is 38.3 Å². The summed E-state index contributed by atoms with van der Waals surface area (Å²) in [5, 5.41) is 3.22. The van der Waals surface area contributed by atoms with Crippen LogP contribution in [-0.4, -0.2) is 26.2 Å². The first-order valence-electron chi connectivity index (χ1n) is 4.90. The molecule has 0 bridgehead atoms. The van der Waals surface area contributed by atoms with Crippen LogP contribution in [0.25, 0.3) is 5.57 Å². The molecule has 0 saturated heterocycles. The molecule has 2 rings (SSSR count). The third kappa shape index (κ3) is 2.07. The van der Waals surface area contributed by atoms with Crippen molar-refractivity contribution in [3.05, 3.63) is 41.5 Å². The smallest absolute Gasteiger partial charge is 0.337 e. The molecular weight excluding hydrogens is 190 g/mol. The van der Waals surface area contributed by atoms with Gasteiger partial charge in [0.15, 0.2) is 0 Å². The molecule has 1 aliphatic heterocycles. The second kappa shape index (κ2) is 4.28. The van der Waals surface area contributed by atoms with E-state index in [4.69, 9.17) is 0 Å². The molecule has 1 aliphatic rings. The van der Waals surface area contributed by atoms with Gasteiger partial charge in [-0.3, -0.25) is 0 Å². The van der Waals surface area contributed by atoms with Crippen molar-refractivity contribution in [1.29, 1.82) is 0 Å². The summed E-state index contributed by atoms with van der Waals surface area (Å²) >= 11 is 0. The van der Waals surface area contributed by atoms with Crippen molar-refractivity contribution in [3.8, 4) is 0 Å². The van der Waals surface area contributed by atoms with Gasteiger partial charge in [0.25, 0.3) is 0 Å². The molecule has 0 amide bonds. The zero-order valence-electron chi connectivity index (χ0n) is 8.62. The number of carbonyl (C=O) groups is 1. The van der Waals surface area contributed by atoms with E-state index in [2.05, 4.69) is 16.1 Å². The van der Waals surface area contributed by atoms with Crippen molar-refractivity contribution in [2.75, 3.05) is 20.2 Å². The Bertz CT molecular complexity index is 410. The number of carbonyl (C=O) groups excluding carboxylic acids is 1. The normalized spacial score (nSPS) is 14.9. The highest BCUT2D eigenvalue weighted by atomic mass is 16.5. The van der Waals surface area contributed by atoms with Gasteiger partial charge in [-0.25, -0.2) is 4.79 Å². The Balaban J connectivity index is 2.30. The molecule has 0 aliphatic carbocycles. The number of hydrogen-bond acceptors (Lipinski definition) is 3. The summed E-state index contributed by atoms with van der Waals surface area (Å²) in [4.78, 5) is 11.3. The molecule has 0 fully saturated rings. The fourth-order valence-corrected chi connectivity index (χ4v) is 1.66. The molecular formula is C12H13NO2. The standard InChI is InChI=1S/C12H13NO2/c1-15-12(14)10-4-2-3-9(7-10)11-5-6-13-8-11/h2-5,7,13H,6,8H2,1H3. The van der Waals surface area contributed by atoms with Crippen LogP contribution in [0.15, 0.2) is 30.3 Å². The molecule has 0 unspecified atom stereocenters. The van der Waals surface area contributed by atoms with Crippen molar-refractivity contribution in [2.45, 2.75) is 0 Å². The fraction of sp³-hybridized carbons (Fsp3) is 0.250. The lowest BCUT2D eigenvalue weighted by Gasteiger charge is -2.04. The number of esters is 1. The van der Waals surface area contributed by atoms with Crippen molar-refractivity contribution >= 4 is 11.5 Å². The first kappa shape index (κ1) is 9.93. The summed E-state index contributed by atoms with van der Waals surface area (Å²) in [6, 6.07) is 7.51. The molecule has 0 saturated carbocycles. The molecule has 78 valence electrons. The van der Waals surface area contributed by atoms with Crippen LogP contribution in [0.1, 0.15) is 15.9 Å². The summed E-state index contributed by atoms with van der Waals surface area (Å²) in [5.74, 6) is -0.289. The number of nitrogens with one attached hydrogen (secondary N) is 1. The highest BCUT2D eigenvalue weighted by molar-refractivity contribution is 5.90. The number of methoxy groups -OCH3 is 1. The van der Waals surface area contributed by atoms with Crippen LogP contribution in [-0.2, 0) is 4.74 Å². The Kier molecular flexibility index (Phi) is 2.83. The van der Waals surface area contributed by atoms with Crippen molar-refractivity contribution in [1.82, 2.24) is 5.32 Å². The predicted octanol–water partition coefficient (Wildman–Crippen LogP) is 1.46. The van der Waals surface area contributed by atoms with E-state index in [0.29, 0.717) is 5.56 Å². The minimum atomic E-state index is -0.289. The molecule has 1 aromatic carbocycles. The average Bonchev–Trinajstić information content (AvgIpc) is 2.82. The molecule has 15 heavy (non-hydrogen) atoms. The molecule has 3 heteroatoms. The van der Waals surface area contributed by atoms with E-state index in [0.717, 1.165) is 18.7 Å². The van der Waals surface area contributed by atoms with Gasteiger partial charge in [0.1, 0.15) is 0 Å². The van der Waals surface area contributed by atoms with Gasteiger partial charge < -0.3 is 10.1 Å². The van der Waals surface area contributed by atoms with Crippen LogP contribution in [0, 0.1) is 0 Å². The van der Waals surface area contributed by atoms with Gasteiger partial charge in [-0.05, 0) is 23.3 Å².